The molecule has 0 unspecified atom stereocenters. The molecular formula is C15H17N5OS. The van der Waals surface area contributed by atoms with Crippen LogP contribution in [0, 0.1) is 0 Å². The molecule has 0 aliphatic heterocycles. The molecule has 3 aromatic heterocycles. The van der Waals surface area contributed by atoms with Gasteiger partial charge in [-0.3, -0.25) is 4.98 Å². The Bertz CT molecular complexity index is 733. The molecule has 1 fully saturated rings. The van der Waals surface area contributed by atoms with Crippen molar-refractivity contribution in [2.45, 2.75) is 25.3 Å². The van der Waals surface area contributed by atoms with Gasteiger partial charge in [-0.1, -0.05) is 11.3 Å². The SMILES string of the molecule is OCCN(c1nn2cc(-c3cccnc3)nc2s1)C1CCC1. The second-order valence-corrected chi connectivity index (χ2v) is 6.42. The summed E-state index contributed by atoms with van der Waals surface area (Å²) in [6.07, 6.45) is 9.12. The molecule has 0 radical (unpaired) electrons. The fraction of sp³-hybridized carbons (Fsp3) is 0.400. The van der Waals surface area contributed by atoms with Crippen molar-refractivity contribution in [2.75, 3.05) is 18.1 Å². The standard InChI is InChI=1S/C15H17N5OS/c21-8-7-19(12-4-1-5-12)15-18-20-10-13(17-14(20)22-15)11-3-2-6-16-9-11/h2-3,6,9-10,12,21H,1,4-5,7-8H2. The largest absolute Gasteiger partial charge is 0.395 e. The van der Waals surface area contributed by atoms with Crippen LogP contribution in [0.2, 0.25) is 0 Å². The number of aromatic nitrogens is 4. The van der Waals surface area contributed by atoms with Gasteiger partial charge >= 0.3 is 0 Å². The van der Waals surface area contributed by atoms with E-state index in [1.807, 2.05) is 22.8 Å². The monoisotopic (exact) mass is 315 g/mol. The molecule has 0 saturated heterocycles. The first-order chi connectivity index (χ1) is 10.8. The Hall–Kier alpha value is -1.99. The van der Waals surface area contributed by atoms with Crippen molar-refractivity contribution in [3.8, 4) is 11.3 Å². The molecule has 1 N–H and O–H groups in total. The molecule has 22 heavy (non-hydrogen) atoms. The first-order valence-corrected chi connectivity index (χ1v) is 8.31. The minimum absolute atomic E-state index is 0.152. The summed E-state index contributed by atoms with van der Waals surface area (Å²) in [5.74, 6) is 0. The number of aliphatic hydroxyl groups excluding tert-OH is 1. The maximum atomic E-state index is 9.29. The summed E-state index contributed by atoms with van der Waals surface area (Å²) in [5, 5.41) is 14.9. The van der Waals surface area contributed by atoms with Crippen LogP contribution in [0.5, 0.6) is 0 Å². The highest BCUT2D eigenvalue weighted by molar-refractivity contribution is 7.20. The van der Waals surface area contributed by atoms with Gasteiger partial charge in [0.25, 0.3) is 0 Å². The summed E-state index contributed by atoms with van der Waals surface area (Å²) in [5.41, 5.74) is 1.88. The van der Waals surface area contributed by atoms with Crippen molar-refractivity contribution in [2.24, 2.45) is 0 Å². The number of fused-ring (bicyclic) bond motifs is 1. The van der Waals surface area contributed by atoms with E-state index in [2.05, 4.69) is 20.0 Å². The number of hydrogen-bond donors (Lipinski definition) is 1. The van der Waals surface area contributed by atoms with E-state index < -0.39 is 0 Å². The number of anilines is 1. The third kappa shape index (κ3) is 2.36. The van der Waals surface area contributed by atoms with Crippen molar-refractivity contribution in [1.82, 2.24) is 19.6 Å². The molecule has 3 aromatic rings. The smallest absolute Gasteiger partial charge is 0.214 e. The van der Waals surface area contributed by atoms with Crippen molar-refractivity contribution >= 4 is 21.4 Å². The lowest BCUT2D eigenvalue weighted by Crippen LogP contribution is -2.42. The average Bonchev–Trinajstić information content (AvgIpc) is 3.04. The Morgan fingerprint density at radius 2 is 2.32 bits per heavy atom. The highest BCUT2D eigenvalue weighted by Gasteiger charge is 2.27. The number of hydrogen-bond acceptors (Lipinski definition) is 6. The topological polar surface area (TPSA) is 66.5 Å². The van der Waals surface area contributed by atoms with Gasteiger partial charge in [0.15, 0.2) is 0 Å². The highest BCUT2D eigenvalue weighted by Crippen LogP contribution is 2.32. The minimum Gasteiger partial charge on any atom is -0.395 e. The van der Waals surface area contributed by atoms with Crippen LogP contribution in [0.1, 0.15) is 19.3 Å². The summed E-state index contributed by atoms with van der Waals surface area (Å²) in [7, 11) is 0. The molecule has 0 amide bonds. The Morgan fingerprint density at radius 3 is 2.95 bits per heavy atom. The van der Waals surface area contributed by atoms with E-state index in [1.54, 1.807) is 23.7 Å². The van der Waals surface area contributed by atoms with Gasteiger partial charge in [-0.2, -0.15) is 0 Å². The van der Waals surface area contributed by atoms with Crippen molar-refractivity contribution in [3.05, 3.63) is 30.7 Å². The van der Waals surface area contributed by atoms with Crippen LogP contribution in [-0.2, 0) is 0 Å². The summed E-state index contributed by atoms with van der Waals surface area (Å²) in [6, 6.07) is 4.41. The van der Waals surface area contributed by atoms with Crippen LogP contribution in [0.15, 0.2) is 30.7 Å². The van der Waals surface area contributed by atoms with E-state index in [-0.39, 0.29) is 6.61 Å². The van der Waals surface area contributed by atoms with Crippen LogP contribution >= 0.6 is 11.3 Å². The molecule has 3 heterocycles. The third-order valence-corrected chi connectivity index (χ3v) is 5.05. The second-order valence-electron chi connectivity index (χ2n) is 5.48. The summed E-state index contributed by atoms with van der Waals surface area (Å²) < 4.78 is 1.82. The number of pyridine rings is 1. The van der Waals surface area contributed by atoms with Crippen molar-refractivity contribution in [1.29, 1.82) is 0 Å². The number of imidazole rings is 1. The lowest BCUT2D eigenvalue weighted by molar-refractivity contribution is 0.283. The van der Waals surface area contributed by atoms with Crippen molar-refractivity contribution in [3.63, 3.8) is 0 Å². The minimum atomic E-state index is 0.152. The molecule has 4 rings (SSSR count). The first-order valence-electron chi connectivity index (χ1n) is 7.49. The summed E-state index contributed by atoms with van der Waals surface area (Å²) >= 11 is 1.57. The van der Waals surface area contributed by atoms with E-state index in [9.17, 15) is 5.11 Å². The molecule has 0 aromatic carbocycles. The van der Waals surface area contributed by atoms with Crippen LogP contribution in [0.25, 0.3) is 16.2 Å². The molecule has 1 saturated carbocycles. The van der Waals surface area contributed by atoms with Crippen LogP contribution < -0.4 is 4.90 Å². The summed E-state index contributed by atoms with van der Waals surface area (Å²) in [4.78, 5) is 11.9. The fourth-order valence-electron chi connectivity index (χ4n) is 2.70. The Morgan fingerprint density at radius 1 is 1.41 bits per heavy atom. The molecule has 114 valence electrons. The highest BCUT2D eigenvalue weighted by atomic mass is 32.1. The number of rotatable bonds is 5. The predicted octanol–water partition coefficient (Wildman–Crippen LogP) is 2.20. The lowest BCUT2D eigenvalue weighted by atomic mass is 9.92. The van der Waals surface area contributed by atoms with Gasteiger partial charge in [0.2, 0.25) is 10.1 Å². The van der Waals surface area contributed by atoms with E-state index in [4.69, 9.17) is 0 Å². The van der Waals surface area contributed by atoms with E-state index in [1.165, 1.54) is 19.3 Å². The molecule has 1 aliphatic carbocycles. The third-order valence-electron chi connectivity index (χ3n) is 4.09. The molecule has 0 bridgehead atoms. The zero-order chi connectivity index (χ0) is 14.9. The van der Waals surface area contributed by atoms with Gasteiger partial charge in [0.1, 0.15) is 0 Å². The van der Waals surface area contributed by atoms with E-state index in [0.717, 1.165) is 21.3 Å². The average molecular weight is 315 g/mol. The normalized spacial score (nSPS) is 15.1. The first kappa shape index (κ1) is 13.7. The quantitative estimate of drug-likeness (QED) is 0.782. The Labute approximate surface area is 132 Å². The molecular weight excluding hydrogens is 298 g/mol. The van der Waals surface area contributed by atoms with E-state index >= 15 is 0 Å². The van der Waals surface area contributed by atoms with Crippen molar-refractivity contribution < 1.29 is 5.11 Å². The van der Waals surface area contributed by atoms with Gasteiger partial charge in [-0.05, 0) is 31.4 Å². The van der Waals surface area contributed by atoms with Gasteiger partial charge < -0.3 is 10.0 Å². The maximum Gasteiger partial charge on any atom is 0.214 e. The molecule has 0 atom stereocenters. The molecule has 0 spiro atoms. The van der Waals surface area contributed by atoms with Gasteiger partial charge in [-0.15, -0.1) is 5.10 Å². The van der Waals surface area contributed by atoms with E-state index in [0.29, 0.717) is 12.6 Å². The number of aliphatic hydroxyl groups is 1. The molecule has 6 nitrogen and oxygen atoms in total. The predicted molar refractivity (Wildman–Crippen MR) is 86.2 cm³/mol. The van der Waals surface area contributed by atoms with Gasteiger partial charge in [-0.25, -0.2) is 9.50 Å². The van der Waals surface area contributed by atoms with Gasteiger partial charge in [0.05, 0.1) is 18.5 Å². The van der Waals surface area contributed by atoms with Crippen LogP contribution in [0.4, 0.5) is 5.13 Å². The number of nitrogens with zero attached hydrogens (tertiary/aromatic N) is 5. The zero-order valence-electron chi connectivity index (χ0n) is 12.1. The Balaban J connectivity index is 1.65. The lowest BCUT2D eigenvalue weighted by Gasteiger charge is -2.36. The summed E-state index contributed by atoms with van der Waals surface area (Å²) in [6.45, 7) is 0.788. The molecule has 1 aliphatic rings. The maximum absolute atomic E-state index is 9.29. The van der Waals surface area contributed by atoms with Crippen LogP contribution in [-0.4, -0.2) is 43.9 Å². The van der Waals surface area contributed by atoms with Crippen LogP contribution in [0.3, 0.4) is 0 Å². The zero-order valence-corrected chi connectivity index (χ0v) is 12.9. The fourth-order valence-corrected chi connectivity index (χ4v) is 3.68. The second kappa shape index (κ2) is 5.66. The molecule has 7 heteroatoms. The van der Waals surface area contributed by atoms with Gasteiger partial charge in [0, 0.05) is 30.5 Å². The Kier molecular flexibility index (Phi) is 3.51.